The van der Waals surface area contributed by atoms with Gasteiger partial charge in [0.25, 0.3) is 5.91 Å². The predicted octanol–water partition coefficient (Wildman–Crippen LogP) is 0.0248. The van der Waals surface area contributed by atoms with Crippen LogP contribution in [-0.4, -0.2) is 32.4 Å². The summed E-state index contributed by atoms with van der Waals surface area (Å²) < 4.78 is 1.65. The summed E-state index contributed by atoms with van der Waals surface area (Å²) in [5.74, 6) is 6.67. The van der Waals surface area contributed by atoms with E-state index >= 15 is 0 Å². The van der Waals surface area contributed by atoms with Crippen molar-refractivity contribution in [1.82, 2.24) is 20.4 Å². The van der Waals surface area contributed by atoms with Gasteiger partial charge in [-0.15, -0.1) is 5.10 Å². The molecule has 0 aromatic carbocycles. The summed E-state index contributed by atoms with van der Waals surface area (Å²) >= 11 is 1.86. The maximum atomic E-state index is 11.0. The molecule has 0 aliphatic heterocycles. The monoisotopic (exact) mass is 229 g/mol. The second kappa shape index (κ2) is 6.41. The van der Waals surface area contributed by atoms with Crippen LogP contribution in [0.5, 0.6) is 0 Å². The Morgan fingerprint density at radius 2 is 2.47 bits per heavy atom. The summed E-state index contributed by atoms with van der Waals surface area (Å²) in [6, 6.07) is 0. The molecule has 84 valence electrons. The number of aryl methyl sites for hydroxylation is 1. The number of hydrazine groups is 1. The van der Waals surface area contributed by atoms with Crippen molar-refractivity contribution >= 4 is 17.7 Å². The molecule has 0 unspecified atom stereocenters. The van der Waals surface area contributed by atoms with E-state index in [-0.39, 0.29) is 5.69 Å². The molecule has 3 N–H and O–H groups in total. The zero-order chi connectivity index (χ0) is 11.1. The second-order valence-corrected chi connectivity index (χ2v) is 4.18. The minimum absolute atomic E-state index is 0.248. The number of thioether (sulfide) groups is 1. The zero-order valence-corrected chi connectivity index (χ0v) is 9.46. The Kier molecular flexibility index (Phi) is 5.13. The van der Waals surface area contributed by atoms with Gasteiger partial charge in [0.1, 0.15) is 0 Å². The number of rotatable bonds is 6. The van der Waals surface area contributed by atoms with E-state index in [1.165, 1.54) is 6.42 Å². The number of aromatic nitrogens is 3. The van der Waals surface area contributed by atoms with Crippen LogP contribution in [0.25, 0.3) is 0 Å². The van der Waals surface area contributed by atoms with Gasteiger partial charge >= 0.3 is 0 Å². The van der Waals surface area contributed by atoms with E-state index in [1.54, 1.807) is 10.9 Å². The molecule has 1 heterocycles. The first kappa shape index (κ1) is 12.0. The quantitative estimate of drug-likeness (QED) is 0.311. The molecule has 0 aliphatic carbocycles. The second-order valence-electron chi connectivity index (χ2n) is 2.95. The average molecular weight is 229 g/mol. The van der Waals surface area contributed by atoms with Crippen molar-refractivity contribution in [2.24, 2.45) is 5.84 Å². The summed E-state index contributed by atoms with van der Waals surface area (Å²) in [5, 5.41) is 7.52. The Labute approximate surface area is 92.6 Å². The average Bonchev–Trinajstić information content (AvgIpc) is 2.72. The van der Waals surface area contributed by atoms with Crippen LogP contribution >= 0.6 is 11.8 Å². The summed E-state index contributed by atoms with van der Waals surface area (Å²) in [5.41, 5.74) is 2.26. The van der Waals surface area contributed by atoms with Crippen LogP contribution in [-0.2, 0) is 6.54 Å². The van der Waals surface area contributed by atoms with Gasteiger partial charge in [-0.3, -0.25) is 14.9 Å². The van der Waals surface area contributed by atoms with Crippen molar-refractivity contribution in [1.29, 1.82) is 0 Å². The van der Waals surface area contributed by atoms with E-state index < -0.39 is 5.91 Å². The fraction of sp³-hybridized carbons (Fsp3) is 0.625. The molecule has 0 atom stereocenters. The van der Waals surface area contributed by atoms with Crippen molar-refractivity contribution in [3.8, 4) is 0 Å². The van der Waals surface area contributed by atoms with Gasteiger partial charge in [-0.25, -0.2) is 5.84 Å². The third-order valence-electron chi connectivity index (χ3n) is 1.72. The zero-order valence-electron chi connectivity index (χ0n) is 8.64. The number of nitrogens with two attached hydrogens (primary N) is 1. The highest BCUT2D eigenvalue weighted by molar-refractivity contribution is 7.99. The lowest BCUT2D eigenvalue weighted by Crippen LogP contribution is -2.30. The maximum Gasteiger partial charge on any atom is 0.287 e. The van der Waals surface area contributed by atoms with Gasteiger partial charge in [0, 0.05) is 5.75 Å². The van der Waals surface area contributed by atoms with Crippen molar-refractivity contribution < 1.29 is 4.79 Å². The van der Waals surface area contributed by atoms with Crippen LogP contribution in [0, 0.1) is 0 Å². The van der Waals surface area contributed by atoms with Crippen molar-refractivity contribution in [2.75, 3.05) is 11.5 Å². The molecular formula is C8H15N5OS. The number of carbonyl (C=O) groups excluding carboxylic acids is 1. The van der Waals surface area contributed by atoms with Gasteiger partial charge in [-0.05, 0) is 12.2 Å². The Hall–Kier alpha value is -1.08. The molecule has 1 aromatic rings. The van der Waals surface area contributed by atoms with Gasteiger partial charge in [0.2, 0.25) is 0 Å². The highest BCUT2D eigenvalue weighted by Crippen LogP contribution is 2.03. The molecule has 0 radical (unpaired) electrons. The lowest BCUT2D eigenvalue weighted by atomic mass is 10.5. The van der Waals surface area contributed by atoms with Gasteiger partial charge in [0.05, 0.1) is 12.7 Å². The highest BCUT2D eigenvalue weighted by Gasteiger charge is 2.07. The Morgan fingerprint density at radius 3 is 3.13 bits per heavy atom. The lowest BCUT2D eigenvalue weighted by molar-refractivity contribution is 0.0948. The van der Waals surface area contributed by atoms with E-state index in [1.807, 2.05) is 17.2 Å². The first-order valence-corrected chi connectivity index (χ1v) is 5.92. The summed E-state index contributed by atoms with van der Waals surface area (Å²) in [4.78, 5) is 11.0. The van der Waals surface area contributed by atoms with Crippen LogP contribution in [0.15, 0.2) is 6.20 Å². The number of nitrogen functional groups attached to an aromatic ring is 1. The molecule has 0 saturated carbocycles. The smallest absolute Gasteiger partial charge is 0.287 e. The molecule has 1 amide bonds. The molecule has 0 fully saturated rings. The normalized spacial score (nSPS) is 10.3. The highest BCUT2D eigenvalue weighted by atomic mass is 32.2. The predicted molar refractivity (Wildman–Crippen MR) is 59.3 cm³/mol. The Morgan fingerprint density at radius 1 is 1.67 bits per heavy atom. The van der Waals surface area contributed by atoms with Crippen LogP contribution in [0.2, 0.25) is 0 Å². The van der Waals surface area contributed by atoms with Gasteiger partial charge < -0.3 is 0 Å². The van der Waals surface area contributed by atoms with Gasteiger partial charge in [-0.1, -0.05) is 12.1 Å². The van der Waals surface area contributed by atoms with Crippen LogP contribution in [0.4, 0.5) is 0 Å². The van der Waals surface area contributed by atoms with E-state index in [9.17, 15) is 4.79 Å². The number of nitrogens with one attached hydrogen (secondary N) is 1. The number of hydrogen-bond acceptors (Lipinski definition) is 5. The largest absolute Gasteiger partial charge is 0.289 e. The van der Waals surface area contributed by atoms with Crippen LogP contribution in [0.1, 0.15) is 23.8 Å². The number of nitrogens with zero attached hydrogens (tertiary/aromatic N) is 3. The number of carbonyl (C=O) groups is 1. The molecule has 0 aliphatic rings. The third kappa shape index (κ3) is 3.88. The first-order chi connectivity index (χ1) is 7.27. The molecule has 7 heteroatoms. The molecule has 1 aromatic heterocycles. The minimum Gasteiger partial charge on any atom is -0.289 e. The summed E-state index contributed by atoms with van der Waals surface area (Å²) in [6.07, 6.45) is 2.76. The van der Waals surface area contributed by atoms with E-state index in [4.69, 9.17) is 5.84 Å². The molecule has 6 nitrogen and oxygen atoms in total. The SMILES string of the molecule is CCCSCCn1cc(C(=O)NN)nn1. The Bertz CT molecular complexity index is 314. The van der Waals surface area contributed by atoms with Crippen molar-refractivity contribution in [2.45, 2.75) is 19.9 Å². The summed E-state index contributed by atoms with van der Waals surface area (Å²) in [6.45, 7) is 2.90. The fourth-order valence-corrected chi connectivity index (χ4v) is 1.80. The molecule has 0 bridgehead atoms. The van der Waals surface area contributed by atoms with Gasteiger partial charge in [0.15, 0.2) is 5.69 Å². The van der Waals surface area contributed by atoms with Crippen LogP contribution in [0.3, 0.4) is 0 Å². The van der Waals surface area contributed by atoms with Crippen molar-refractivity contribution in [3.63, 3.8) is 0 Å². The molecule has 1 rings (SSSR count). The van der Waals surface area contributed by atoms with Crippen LogP contribution < -0.4 is 11.3 Å². The fourth-order valence-electron chi connectivity index (χ4n) is 0.990. The number of amides is 1. The molecule has 0 saturated heterocycles. The van der Waals surface area contributed by atoms with E-state index in [0.29, 0.717) is 0 Å². The first-order valence-electron chi connectivity index (χ1n) is 4.76. The van der Waals surface area contributed by atoms with Gasteiger partial charge in [-0.2, -0.15) is 11.8 Å². The standard InChI is InChI=1S/C8H15N5OS/c1-2-4-15-5-3-13-6-7(11-12-13)8(14)10-9/h6H,2-5,9H2,1H3,(H,10,14). The van der Waals surface area contributed by atoms with Crippen molar-refractivity contribution in [3.05, 3.63) is 11.9 Å². The number of hydrogen-bond donors (Lipinski definition) is 2. The molecule has 15 heavy (non-hydrogen) atoms. The topological polar surface area (TPSA) is 85.8 Å². The third-order valence-corrected chi connectivity index (χ3v) is 2.88. The Balaban J connectivity index is 2.36. The van der Waals surface area contributed by atoms with E-state index in [0.717, 1.165) is 18.1 Å². The van der Waals surface area contributed by atoms with E-state index in [2.05, 4.69) is 17.2 Å². The summed E-state index contributed by atoms with van der Waals surface area (Å²) in [7, 11) is 0. The molecular weight excluding hydrogens is 214 g/mol. The minimum atomic E-state index is -0.414. The lowest BCUT2D eigenvalue weighted by Gasteiger charge is -1.98. The molecule has 0 spiro atoms. The maximum absolute atomic E-state index is 11.0.